The third kappa shape index (κ3) is 2.74. The van der Waals surface area contributed by atoms with Crippen molar-refractivity contribution in [3.05, 3.63) is 29.5 Å². The Labute approximate surface area is 121 Å². The second kappa shape index (κ2) is 5.22. The summed E-state index contributed by atoms with van der Waals surface area (Å²) in [4.78, 5) is 4.22. The Morgan fingerprint density at radius 3 is 2.35 bits per heavy atom. The lowest BCUT2D eigenvalue weighted by Gasteiger charge is -2.32. The smallest absolute Gasteiger partial charge is 0.487 e. The fourth-order valence-corrected chi connectivity index (χ4v) is 2.12. The molecule has 2 rings (SSSR count). The van der Waals surface area contributed by atoms with Gasteiger partial charge in [-0.2, -0.15) is 0 Å². The van der Waals surface area contributed by atoms with Crippen LogP contribution in [-0.2, 0) is 9.31 Å². The highest BCUT2D eigenvalue weighted by atomic mass is 16.7. The molecule has 0 N–H and O–H groups in total. The number of pyridine rings is 1. The fraction of sp³-hybridized carbons (Fsp3) is 0.533. The standard InChI is InChI=1S/C15H22BNO3/c1-11-13(18-6)12(8-10-17-11)7-9-16-19-14(2,3)15(4,5)20-16/h7-10H,1-6H3/b9-7+. The van der Waals surface area contributed by atoms with Crippen LogP contribution in [0, 0.1) is 6.92 Å². The summed E-state index contributed by atoms with van der Waals surface area (Å²) >= 11 is 0. The number of ether oxygens (including phenoxy) is 1. The van der Waals surface area contributed by atoms with Gasteiger partial charge in [0, 0.05) is 11.8 Å². The Morgan fingerprint density at radius 2 is 1.80 bits per heavy atom. The first-order chi connectivity index (χ1) is 9.27. The van der Waals surface area contributed by atoms with E-state index < -0.39 is 0 Å². The molecule has 1 aliphatic heterocycles. The fourth-order valence-electron chi connectivity index (χ4n) is 2.12. The van der Waals surface area contributed by atoms with E-state index in [2.05, 4.69) is 4.98 Å². The molecule has 0 unspecified atom stereocenters. The zero-order valence-corrected chi connectivity index (χ0v) is 13.1. The van der Waals surface area contributed by atoms with Gasteiger partial charge in [0.2, 0.25) is 0 Å². The normalized spacial score (nSPS) is 20.6. The molecule has 0 bridgehead atoms. The maximum atomic E-state index is 5.92. The lowest BCUT2D eigenvalue weighted by molar-refractivity contribution is 0.00578. The largest absolute Gasteiger partial charge is 0.494 e. The first kappa shape index (κ1) is 15.1. The van der Waals surface area contributed by atoms with Crippen molar-refractivity contribution < 1.29 is 14.0 Å². The molecule has 108 valence electrons. The van der Waals surface area contributed by atoms with Gasteiger partial charge in [-0.05, 0) is 40.7 Å². The van der Waals surface area contributed by atoms with E-state index in [9.17, 15) is 0 Å². The number of aromatic nitrogens is 1. The van der Waals surface area contributed by atoms with E-state index in [1.165, 1.54) is 0 Å². The first-order valence-electron chi connectivity index (χ1n) is 6.80. The Bertz CT molecular complexity index is 510. The number of hydrogen-bond donors (Lipinski definition) is 0. The number of aryl methyl sites for hydroxylation is 1. The Balaban J connectivity index is 2.18. The summed E-state index contributed by atoms with van der Waals surface area (Å²) in [5.74, 6) is 2.69. The molecule has 0 saturated carbocycles. The highest BCUT2D eigenvalue weighted by Gasteiger charge is 2.50. The molecule has 0 spiro atoms. The van der Waals surface area contributed by atoms with Gasteiger partial charge < -0.3 is 14.0 Å². The third-order valence-electron chi connectivity index (χ3n) is 4.02. The summed E-state index contributed by atoms with van der Waals surface area (Å²) in [6.07, 6.45) is 3.72. The van der Waals surface area contributed by atoms with E-state index in [1.807, 2.05) is 52.7 Å². The van der Waals surface area contributed by atoms with E-state index in [0.29, 0.717) is 0 Å². The predicted octanol–water partition coefficient (Wildman–Crippen LogP) is 3.04. The molecule has 0 amide bonds. The minimum absolute atomic E-state index is 0.319. The van der Waals surface area contributed by atoms with Crippen LogP contribution in [0.5, 0.6) is 5.75 Å². The second-order valence-electron chi connectivity index (χ2n) is 6.00. The first-order valence-corrected chi connectivity index (χ1v) is 6.80. The van der Waals surface area contributed by atoms with Crippen molar-refractivity contribution in [2.24, 2.45) is 0 Å². The topological polar surface area (TPSA) is 40.6 Å². The van der Waals surface area contributed by atoms with Crippen molar-refractivity contribution in [2.45, 2.75) is 45.8 Å². The molecule has 1 aromatic rings. The monoisotopic (exact) mass is 275 g/mol. The summed E-state index contributed by atoms with van der Waals surface area (Å²) < 4.78 is 17.2. The number of nitrogens with zero attached hydrogens (tertiary/aromatic N) is 1. The number of rotatable bonds is 3. The summed E-state index contributed by atoms with van der Waals surface area (Å²) in [6, 6.07) is 1.91. The van der Waals surface area contributed by atoms with Gasteiger partial charge in [0.05, 0.1) is 24.0 Å². The van der Waals surface area contributed by atoms with Gasteiger partial charge in [-0.3, -0.25) is 4.98 Å². The van der Waals surface area contributed by atoms with E-state index >= 15 is 0 Å². The average Bonchev–Trinajstić information content (AvgIpc) is 2.55. The minimum Gasteiger partial charge on any atom is -0.494 e. The molecule has 1 fully saturated rings. The molecule has 1 aromatic heterocycles. The van der Waals surface area contributed by atoms with Crippen LogP contribution in [0.4, 0.5) is 0 Å². The Morgan fingerprint density at radius 1 is 1.20 bits per heavy atom. The summed E-state index contributed by atoms with van der Waals surface area (Å²) in [7, 11) is 1.30. The van der Waals surface area contributed by atoms with Gasteiger partial charge >= 0.3 is 7.12 Å². The van der Waals surface area contributed by atoms with E-state index in [4.69, 9.17) is 14.0 Å². The van der Waals surface area contributed by atoms with Crippen molar-refractivity contribution in [3.63, 3.8) is 0 Å². The molecule has 0 aromatic carbocycles. The SMILES string of the molecule is COc1c(/C=C/B2OC(C)(C)C(C)(C)O2)ccnc1C. The van der Waals surface area contributed by atoms with Gasteiger partial charge in [0.15, 0.2) is 0 Å². The molecule has 1 saturated heterocycles. The lowest BCUT2D eigenvalue weighted by atomic mass is 9.89. The quantitative estimate of drug-likeness (QED) is 0.795. The molecule has 5 heteroatoms. The van der Waals surface area contributed by atoms with Gasteiger partial charge in [0.1, 0.15) is 5.75 Å². The van der Waals surface area contributed by atoms with Gasteiger partial charge in [-0.1, -0.05) is 12.1 Å². The predicted molar refractivity (Wildman–Crippen MR) is 80.6 cm³/mol. The maximum Gasteiger partial charge on any atom is 0.487 e. The molecular formula is C15H22BNO3. The molecule has 20 heavy (non-hydrogen) atoms. The molecule has 4 nitrogen and oxygen atoms in total. The average molecular weight is 275 g/mol. The highest BCUT2D eigenvalue weighted by molar-refractivity contribution is 6.52. The Kier molecular flexibility index (Phi) is 3.94. The summed E-state index contributed by atoms with van der Waals surface area (Å²) in [5, 5.41) is 0. The maximum absolute atomic E-state index is 5.92. The molecule has 2 heterocycles. The van der Waals surface area contributed by atoms with E-state index in [-0.39, 0.29) is 18.3 Å². The summed E-state index contributed by atoms with van der Waals surface area (Å²) in [5.41, 5.74) is 1.19. The van der Waals surface area contributed by atoms with Crippen molar-refractivity contribution in [2.75, 3.05) is 7.11 Å². The molecule has 0 atom stereocenters. The minimum atomic E-state index is -0.349. The van der Waals surface area contributed by atoms with Crippen LogP contribution in [0.15, 0.2) is 18.2 Å². The van der Waals surface area contributed by atoms with Crippen molar-refractivity contribution in [1.82, 2.24) is 4.98 Å². The lowest BCUT2D eigenvalue weighted by Crippen LogP contribution is -2.41. The van der Waals surface area contributed by atoms with E-state index in [1.54, 1.807) is 13.3 Å². The van der Waals surface area contributed by atoms with Crippen LogP contribution >= 0.6 is 0 Å². The Hall–Kier alpha value is -1.33. The van der Waals surface area contributed by atoms with Gasteiger partial charge in [-0.15, -0.1) is 0 Å². The molecular weight excluding hydrogens is 253 g/mol. The zero-order chi connectivity index (χ0) is 15.0. The van der Waals surface area contributed by atoms with Crippen LogP contribution in [0.1, 0.15) is 39.0 Å². The van der Waals surface area contributed by atoms with Crippen LogP contribution in [-0.4, -0.2) is 30.4 Å². The van der Waals surface area contributed by atoms with Crippen molar-refractivity contribution >= 4 is 13.2 Å². The van der Waals surface area contributed by atoms with Crippen molar-refractivity contribution in [1.29, 1.82) is 0 Å². The second-order valence-corrected chi connectivity index (χ2v) is 6.00. The van der Waals surface area contributed by atoms with Crippen LogP contribution in [0.2, 0.25) is 0 Å². The molecule has 0 radical (unpaired) electrons. The third-order valence-corrected chi connectivity index (χ3v) is 4.02. The summed E-state index contributed by atoms with van der Waals surface area (Å²) in [6.45, 7) is 10.1. The molecule has 0 aliphatic carbocycles. The van der Waals surface area contributed by atoms with Gasteiger partial charge in [-0.25, -0.2) is 0 Å². The number of hydrogen-bond acceptors (Lipinski definition) is 4. The zero-order valence-electron chi connectivity index (χ0n) is 13.1. The van der Waals surface area contributed by atoms with Crippen LogP contribution in [0.3, 0.4) is 0 Å². The van der Waals surface area contributed by atoms with Gasteiger partial charge in [0.25, 0.3) is 0 Å². The number of methoxy groups -OCH3 is 1. The highest BCUT2D eigenvalue weighted by Crippen LogP contribution is 2.37. The van der Waals surface area contributed by atoms with Crippen molar-refractivity contribution in [3.8, 4) is 5.75 Å². The van der Waals surface area contributed by atoms with Crippen LogP contribution in [0.25, 0.3) is 6.08 Å². The van der Waals surface area contributed by atoms with Crippen LogP contribution < -0.4 is 4.74 Å². The molecule has 1 aliphatic rings. The van der Waals surface area contributed by atoms with E-state index in [0.717, 1.165) is 17.0 Å².